The summed E-state index contributed by atoms with van der Waals surface area (Å²) >= 11 is 0. The summed E-state index contributed by atoms with van der Waals surface area (Å²) < 4.78 is 50.2. The Morgan fingerprint density at radius 2 is 1.54 bits per heavy atom. The number of nitrogens with zero attached hydrogens (tertiary/aromatic N) is 1. The fourth-order valence-electron chi connectivity index (χ4n) is 2.13. The third-order valence-corrected chi connectivity index (χ3v) is 7.06. The molecule has 0 aromatic heterocycles. The second-order valence-electron chi connectivity index (χ2n) is 5.43. The van der Waals surface area contributed by atoms with Crippen LogP contribution in [0.15, 0.2) is 34.1 Å². The predicted molar refractivity (Wildman–Crippen MR) is 87.7 cm³/mol. The molecule has 0 unspecified atom stereocenters. The molecule has 1 saturated carbocycles. The molecule has 0 heterocycles. The maximum atomic E-state index is 12.4. The van der Waals surface area contributed by atoms with Crippen LogP contribution in [0.3, 0.4) is 0 Å². The molecule has 8 nitrogen and oxygen atoms in total. The van der Waals surface area contributed by atoms with Crippen molar-refractivity contribution in [3.63, 3.8) is 0 Å². The van der Waals surface area contributed by atoms with Crippen LogP contribution in [0.4, 0.5) is 0 Å². The average molecular weight is 375 g/mol. The van der Waals surface area contributed by atoms with Crippen molar-refractivity contribution in [2.45, 2.75) is 36.5 Å². The highest BCUT2D eigenvalue weighted by molar-refractivity contribution is 7.89. The summed E-state index contributed by atoms with van der Waals surface area (Å²) in [5.74, 6) is -0.492. The Morgan fingerprint density at radius 3 is 2.00 bits per heavy atom. The average Bonchev–Trinajstić information content (AvgIpc) is 3.38. The van der Waals surface area contributed by atoms with Gasteiger partial charge in [0.1, 0.15) is 0 Å². The van der Waals surface area contributed by atoms with Gasteiger partial charge in [-0.1, -0.05) is 13.8 Å². The molecular formula is C14H21N3O5S2. The molecule has 10 heteroatoms. The SMILES string of the molecule is CCN(CC)S(=O)(=O)c1ccc(S(=O)(=O)NNC(=O)C2CC2)cc1. The van der Waals surface area contributed by atoms with Crippen LogP contribution < -0.4 is 10.3 Å². The van der Waals surface area contributed by atoms with E-state index in [0.29, 0.717) is 13.1 Å². The summed E-state index contributed by atoms with van der Waals surface area (Å²) in [5, 5.41) is 0. The van der Waals surface area contributed by atoms with Gasteiger partial charge < -0.3 is 0 Å². The Kier molecular flexibility index (Phi) is 5.63. The summed E-state index contributed by atoms with van der Waals surface area (Å²) in [6.07, 6.45) is 1.51. The van der Waals surface area contributed by atoms with E-state index in [2.05, 4.69) is 5.43 Å². The topological polar surface area (TPSA) is 113 Å². The van der Waals surface area contributed by atoms with E-state index in [1.54, 1.807) is 13.8 Å². The number of rotatable bonds is 8. The Bertz CT molecular complexity index is 795. The lowest BCUT2D eigenvalue weighted by atomic mass is 10.4. The molecule has 0 aliphatic heterocycles. The summed E-state index contributed by atoms with van der Waals surface area (Å²) in [5.41, 5.74) is 2.16. The van der Waals surface area contributed by atoms with Crippen LogP contribution in [-0.2, 0) is 24.8 Å². The van der Waals surface area contributed by atoms with Crippen molar-refractivity contribution in [2.24, 2.45) is 5.92 Å². The number of hydrogen-bond donors (Lipinski definition) is 2. The number of nitrogens with one attached hydrogen (secondary N) is 2. The first-order valence-corrected chi connectivity index (χ1v) is 10.6. The van der Waals surface area contributed by atoms with Crippen LogP contribution in [0, 0.1) is 5.92 Å². The summed E-state index contributed by atoms with van der Waals surface area (Å²) in [4.78, 5) is 13.4. The van der Waals surface area contributed by atoms with Crippen molar-refractivity contribution in [3.8, 4) is 0 Å². The van der Waals surface area contributed by atoms with E-state index in [1.807, 2.05) is 4.83 Å². The molecular weight excluding hydrogens is 354 g/mol. The Balaban J connectivity index is 2.14. The number of hydrazine groups is 1. The molecule has 1 aliphatic rings. The number of sulfonamides is 2. The van der Waals surface area contributed by atoms with Gasteiger partial charge in [-0.05, 0) is 37.1 Å². The first kappa shape index (κ1) is 18.8. The molecule has 1 aromatic carbocycles. The highest BCUT2D eigenvalue weighted by atomic mass is 32.2. The van der Waals surface area contributed by atoms with E-state index in [4.69, 9.17) is 0 Å². The van der Waals surface area contributed by atoms with Crippen LogP contribution in [0.2, 0.25) is 0 Å². The third kappa shape index (κ3) is 4.12. The van der Waals surface area contributed by atoms with Crippen LogP contribution in [0.1, 0.15) is 26.7 Å². The molecule has 134 valence electrons. The van der Waals surface area contributed by atoms with Gasteiger partial charge in [-0.15, -0.1) is 4.83 Å². The smallest absolute Gasteiger partial charge is 0.257 e. The Morgan fingerprint density at radius 1 is 1.04 bits per heavy atom. The van der Waals surface area contributed by atoms with Gasteiger partial charge in [0.05, 0.1) is 9.79 Å². The maximum absolute atomic E-state index is 12.4. The van der Waals surface area contributed by atoms with Crippen molar-refractivity contribution >= 4 is 26.0 Å². The summed E-state index contributed by atoms with van der Waals surface area (Å²) in [7, 11) is -7.59. The van der Waals surface area contributed by atoms with Crippen molar-refractivity contribution in [1.82, 2.24) is 14.6 Å². The lowest BCUT2D eigenvalue weighted by Crippen LogP contribution is -2.42. The number of carbonyl (C=O) groups excluding carboxylic acids is 1. The van der Waals surface area contributed by atoms with Crippen molar-refractivity contribution in [1.29, 1.82) is 0 Å². The van der Waals surface area contributed by atoms with Gasteiger partial charge in [0, 0.05) is 19.0 Å². The minimum atomic E-state index is -3.95. The van der Waals surface area contributed by atoms with Crippen molar-refractivity contribution < 1.29 is 21.6 Å². The number of carbonyl (C=O) groups is 1. The van der Waals surface area contributed by atoms with Crippen LogP contribution >= 0.6 is 0 Å². The van der Waals surface area contributed by atoms with Gasteiger partial charge in [0.25, 0.3) is 10.0 Å². The standard InChI is InChI=1S/C14H21N3O5S2/c1-3-17(4-2)24(21,22)13-9-7-12(8-10-13)23(19,20)16-15-14(18)11-5-6-11/h7-11,16H,3-6H2,1-2H3,(H,15,18). The molecule has 0 atom stereocenters. The van der Waals surface area contributed by atoms with E-state index in [9.17, 15) is 21.6 Å². The molecule has 1 amide bonds. The van der Waals surface area contributed by atoms with Crippen LogP contribution in [0.5, 0.6) is 0 Å². The van der Waals surface area contributed by atoms with Crippen LogP contribution in [-0.4, -0.2) is 40.1 Å². The third-order valence-electron chi connectivity index (χ3n) is 3.73. The first-order valence-electron chi connectivity index (χ1n) is 7.64. The molecule has 0 radical (unpaired) electrons. The largest absolute Gasteiger partial charge is 0.277 e. The van der Waals surface area contributed by atoms with Gasteiger partial charge in [0.2, 0.25) is 15.9 Å². The molecule has 24 heavy (non-hydrogen) atoms. The Hall–Kier alpha value is -1.49. The lowest BCUT2D eigenvalue weighted by Gasteiger charge is -2.18. The van der Waals surface area contributed by atoms with E-state index in [0.717, 1.165) is 12.8 Å². The summed E-state index contributed by atoms with van der Waals surface area (Å²) in [6, 6.07) is 4.87. The van der Waals surface area contributed by atoms with Crippen molar-refractivity contribution in [3.05, 3.63) is 24.3 Å². The monoisotopic (exact) mass is 375 g/mol. The molecule has 2 rings (SSSR count). The minimum absolute atomic E-state index is 0.0205. The van der Waals surface area contributed by atoms with E-state index >= 15 is 0 Å². The predicted octanol–water partition coefficient (Wildman–Crippen LogP) is 0.437. The molecule has 1 fully saturated rings. The minimum Gasteiger partial charge on any atom is -0.277 e. The first-order chi connectivity index (χ1) is 11.2. The molecule has 1 aromatic rings. The fourth-order valence-corrected chi connectivity index (χ4v) is 4.43. The summed E-state index contributed by atoms with van der Waals surface area (Å²) in [6.45, 7) is 4.11. The van der Waals surface area contributed by atoms with E-state index < -0.39 is 20.0 Å². The van der Waals surface area contributed by atoms with Gasteiger partial charge in [0.15, 0.2) is 0 Å². The van der Waals surface area contributed by atoms with Gasteiger partial charge in [-0.2, -0.15) is 4.31 Å². The molecule has 0 bridgehead atoms. The Labute approximate surface area is 142 Å². The van der Waals surface area contributed by atoms with Gasteiger partial charge in [-0.3, -0.25) is 10.2 Å². The molecule has 0 saturated heterocycles. The van der Waals surface area contributed by atoms with Crippen LogP contribution in [0.25, 0.3) is 0 Å². The zero-order chi connectivity index (χ0) is 18.0. The highest BCUT2D eigenvalue weighted by Gasteiger charge is 2.30. The zero-order valence-electron chi connectivity index (χ0n) is 13.5. The molecule has 1 aliphatic carbocycles. The van der Waals surface area contributed by atoms with Gasteiger partial charge in [-0.25, -0.2) is 16.8 Å². The van der Waals surface area contributed by atoms with Gasteiger partial charge >= 0.3 is 0 Å². The number of benzene rings is 1. The van der Waals surface area contributed by atoms with E-state index in [1.165, 1.54) is 28.6 Å². The van der Waals surface area contributed by atoms with Crippen molar-refractivity contribution in [2.75, 3.05) is 13.1 Å². The highest BCUT2D eigenvalue weighted by Crippen LogP contribution is 2.28. The molecule has 2 N–H and O–H groups in total. The zero-order valence-corrected chi connectivity index (χ0v) is 15.2. The van der Waals surface area contributed by atoms with E-state index in [-0.39, 0.29) is 21.6 Å². The number of amides is 1. The molecule has 0 spiro atoms. The fraction of sp³-hybridized carbons (Fsp3) is 0.500. The second-order valence-corrected chi connectivity index (χ2v) is 9.05. The second kappa shape index (κ2) is 7.18. The number of hydrogen-bond acceptors (Lipinski definition) is 5. The maximum Gasteiger partial charge on any atom is 0.257 e. The lowest BCUT2D eigenvalue weighted by molar-refractivity contribution is -0.122. The quantitative estimate of drug-likeness (QED) is 0.640. The normalized spacial score (nSPS) is 15.5.